The van der Waals surface area contributed by atoms with Crippen LogP contribution in [0.3, 0.4) is 0 Å². The highest BCUT2D eigenvalue weighted by atomic mass is 16.7. The first-order valence-electron chi connectivity index (χ1n) is 17.2. The maximum Gasteiger partial charge on any atom is 0.481 e. The molecule has 2 heterocycles. The van der Waals surface area contributed by atoms with Gasteiger partial charge < -0.3 is 25.3 Å². The third-order valence-corrected chi connectivity index (χ3v) is 10.8. The normalized spacial score (nSPS) is 25.0. The number of carbonyl (C=O) groups is 3. The van der Waals surface area contributed by atoms with E-state index in [-0.39, 0.29) is 35.6 Å². The minimum absolute atomic E-state index is 0.0295. The fourth-order valence-electron chi connectivity index (χ4n) is 7.87. The first-order valence-corrected chi connectivity index (χ1v) is 17.2. The summed E-state index contributed by atoms with van der Waals surface area (Å²) >= 11 is 0. The Morgan fingerprint density at radius 3 is 2.33 bits per heavy atom. The minimum atomic E-state index is -1.09. The van der Waals surface area contributed by atoms with Crippen LogP contribution in [0.2, 0.25) is 0 Å². The molecule has 3 aromatic rings. The summed E-state index contributed by atoms with van der Waals surface area (Å²) in [6.07, 6.45) is 2.66. The van der Waals surface area contributed by atoms with Crippen LogP contribution in [0.15, 0.2) is 72.8 Å². The van der Waals surface area contributed by atoms with Crippen molar-refractivity contribution in [3.8, 4) is 11.3 Å². The van der Waals surface area contributed by atoms with Crippen LogP contribution in [-0.4, -0.2) is 60.1 Å². The topological polar surface area (TPSA) is 119 Å². The monoisotopic (exact) mass is 650 g/mol. The molecule has 4 aliphatic rings. The molecule has 252 valence electrons. The lowest BCUT2D eigenvalue weighted by molar-refractivity contribution is -0.199. The van der Waals surface area contributed by atoms with Crippen molar-refractivity contribution >= 4 is 24.8 Å². The lowest BCUT2D eigenvalue weighted by Crippen LogP contribution is -2.65. The number of nitrogens with one attached hydrogen (secondary N) is 3. The number of carbonyl (C=O) groups excluding carboxylic acids is 3. The average molecular weight is 651 g/mol. The van der Waals surface area contributed by atoms with Gasteiger partial charge in [-0.2, -0.15) is 0 Å². The maximum absolute atomic E-state index is 14.1. The van der Waals surface area contributed by atoms with Crippen LogP contribution in [0.4, 0.5) is 0 Å². The van der Waals surface area contributed by atoms with E-state index < -0.39 is 36.5 Å². The fourth-order valence-corrected chi connectivity index (χ4v) is 7.87. The molecule has 1 saturated heterocycles. The minimum Gasteiger partial charge on any atom is -0.404 e. The second kappa shape index (κ2) is 13.5. The average Bonchev–Trinajstić information content (AvgIpc) is 3.44. The van der Waals surface area contributed by atoms with Gasteiger partial charge in [0.1, 0.15) is 11.7 Å². The summed E-state index contributed by atoms with van der Waals surface area (Å²) in [4.78, 5) is 45.4. The van der Waals surface area contributed by atoms with Gasteiger partial charge in [-0.05, 0) is 80.5 Å². The van der Waals surface area contributed by atoms with Crippen LogP contribution in [0.5, 0.6) is 0 Å². The van der Waals surface area contributed by atoms with Gasteiger partial charge in [-0.15, -0.1) is 0 Å². The lowest BCUT2D eigenvalue weighted by atomic mass is 9.43. The number of hydrogen-bond donors (Lipinski definition) is 3. The quantitative estimate of drug-likeness (QED) is 0.240. The SMILES string of the molecule is Cc1ccc(C(=O)NC[C@H](NC(=O)c2cccc(-c3ccccc3)n2)C(=O)N[C@@H](CC(C)C)B2O[C@@H]3C[C@H]4C[C@@H](C4(C)C)[C@]3(C)O2)cc1. The van der Waals surface area contributed by atoms with E-state index in [4.69, 9.17) is 9.31 Å². The molecule has 1 aromatic heterocycles. The number of benzene rings is 2. The molecule has 2 aromatic carbocycles. The molecular formula is C38H47BN4O5. The number of amides is 3. The Balaban J connectivity index is 1.21. The van der Waals surface area contributed by atoms with Crippen LogP contribution >= 0.6 is 0 Å². The lowest BCUT2D eigenvalue weighted by Gasteiger charge is -2.64. The van der Waals surface area contributed by atoms with Crippen molar-refractivity contribution in [2.75, 3.05) is 6.54 Å². The molecule has 0 radical (unpaired) electrons. The van der Waals surface area contributed by atoms with E-state index in [0.717, 1.165) is 24.0 Å². The van der Waals surface area contributed by atoms with Gasteiger partial charge in [-0.25, -0.2) is 4.98 Å². The molecule has 7 rings (SSSR count). The van der Waals surface area contributed by atoms with E-state index in [1.807, 2.05) is 55.5 Å². The summed E-state index contributed by atoms with van der Waals surface area (Å²) < 4.78 is 13.3. The Morgan fingerprint density at radius 2 is 1.65 bits per heavy atom. The van der Waals surface area contributed by atoms with Gasteiger partial charge in [0.15, 0.2) is 0 Å². The number of rotatable bonds is 11. The molecule has 9 nitrogen and oxygen atoms in total. The predicted octanol–water partition coefficient (Wildman–Crippen LogP) is 5.38. The van der Waals surface area contributed by atoms with Crippen molar-refractivity contribution in [3.63, 3.8) is 0 Å². The molecule has 4 fully saturated rings. The molecule has 1 aliphatic heterocycles. The molecule has 3 saturated carbocycles. The van der Waals surface area contributed by atoms with E-state index >= 15 is 0 Å². The summed E-state index contributed by atoms with van der Waals surface area (Å²) in [5.41, 5.74) is 2.94. The molecule has 2 bridgehead atoms. The number of hydrogen-bond acceptors (Lipinski definition) is 6. The number of nitrogens with zero attached hydrogens (tertiary/aromatic N) is 1. The predicted molar refractivity (Wildman–Crippen MR) is 186 cm³/mol. The molecule has 3 aliphatic carbocycles. The largest absolute Gasteiger partial charge is 0.481 e. The van der Waals surface area contributed by atoms with Crippen LogP contribution in [0.1, 0.15) is 80.3 Å². The Morgan fingerprint density at radius 1 is 0.917 bits per heavy atom. The van der Waals surface area contributed by atoms with Gasteiger partial charge in [0, 0.05) is 17.7 Å². The van der Waals surface area contributed by atoms with Crippen molar-refractivity contribution in [1.82, 2.24) is 20.9 Å². The summed E-state index contributed by atoms with van der Waals surface area (Å²) in [6.45, 7) is 12.8. The van der Waals surface area contributed by atoms with Gasteiger partial charge >= 0.3 is 7.12 Å². The van der Waals surface area contributed by atoms with Gasteiger partial charge in [0.05, 0.1) is 23.3 Å². The van der Waals surface area contributed by atoms with Crippen LogP contribution < -0.4 is 16.0 Å². The fraction of sp³-hybridized carbons (Fsp3) is 0.474. The molecular weight excluding hydrogens is 603 g/mol. The summed E-state index contributed by atoms with van der Waals surface area (Å²) in [5, 5.41) is 8.85. The molecule has 3 N–H and O–H groups in total. The van der Waals surface area contributed by atoms with Crippen molar-refractivity contribution in [3.05, 3.63) is 89.6 Å². The standard InChI is InChI=1S/C38H47BN4O5/c1-23(2)19-33(39-47-32-21-27-20-31(37(27,4)5)38(32,6)48-39)43-36(46)30(22-40-34(44)26-17-15-24(3)16-18-26)42-35(45)29-14-10-13-28(41-29)25-11-8-7-9-12-25/h7-18,23,27,30-33H,19-22H2,1-6H3,(H,40,44)(H,42,45)(H,43,46)/t27-,30+,31+,32-,33+,38+/m1/s1. The van der Waals surface area contributed by atoms with E-state index in [9.17, 15) is 14.4 Å². The number of aromatic nitrogens is 1. The first-order chi connectivity index (χ1) is 22.8. The Kier molecular flexibility index (Phi) is 9.51. The molecule has 0 unspecified atom stereocenters. The van der Waals surface area contributed by atoms with Crippen molar-refractivity contribution in [1.29, 1.82) is 0 Å². The van der Waals surface area contributed by atoms with Crippen molar-refractivity contribution in [2.24, 2.45) is 23.2 Å². The van der Waals surface area contributed by atoms with Crippen molar-refractivity contribution in [2.45, 2.75) is 84.5 Å². The molecule has 6 atom stereocenters. The van der Waals surface area contributed by atoms with Crippen LogP contribution in [0.25, 0.3) is 11.3 Å². The summed E-state index contributed by atoms with van der Waals surface area (Å²) in [7, 11) is -0.621. The van der Waals surface area contributed by atoms with E-state index in [0.29, 0.717) is 29.5 Å². The second-order valence-electron chi connectivity index (χ2n) is 15.0. The summed E-state index contributed by atoms with van der Waals surface area (Å²) in [5.74, 6) is -0.523. The molecule has 10 heteroatoms. The van der Waals surface area contributed by atoms with Gasteiger partial charge in [0.2, 0.25) is 5.91 Å². The Bertz CT molecular complexity index is 1650. The zero-order chi connectivity index (χ0) is 34.2. The second-order valence-corrected chi connectivity index (χ2v) is 15.0. The molecule has 0 spiro atoms. The van der Waals surface area contributed by atoms with Gasteiger partial charge in [-0.1, -0.05) is 81.8 Å². The van der Waals surface area contributed by atoms with E-state index in [1.54, 1.807) is 24.3 Å². The molecule has 3 amide bonds. The van der Waals surface area contributed by atoms with E-state index in [1.165, 1.54) is 0 Å². The number of pyridine rings is 1. The third-order valence-electron chi connectivity index (χ3n) is 10.8. The highest BCUT2D eigenvalue weighted by molar-refractivity contribution is 6.48. The van der Waals surface area contributed by atoms with Crippen LogP contribution in [-0.2, 0) is 14.1 Å². The van der Waals surface area contributed by atoms with Gasteiger partial charge in [0.25, 0.3) is 11.8 Å². The smallest absolute Gasteiger partial charge is 0.404 e. The summed E-state index contributed by atoms with van der Waals surface area (Å²) in [6, 6.07) is 20.9. The Hall–Kier alpha value is -4.02. The Labute approximate surface area is 284 Å². The highest BCUT2D eigenvalue weighted by Crippen LogP contribution is 2.65. The highest BCUT2D eigenvalue weighted by Gasteiger charge is 2.68. The third kappa shape index (κ3) is 6.78. The van der Waals surface area contributed by atoms with E-state index in [2.05, 4.69) is 55.6 Å². The zero-order valence-electron chi connectivity index (χ0n) is 28.8. The maximum atomic E-state index is 14.1. The van der Waals surface area contributed by atoms with Crippen molar-refractivity contribution < 1.29 is 23.7 Å². The van der Waals surface area contributed by atoms with Gasteiger partial charge in [-0.3, -0.25) is 14.4 Å². The number of aryl methyl sites for hydroxylation is 1. The molecule has 48 heavy (non-hydrogen) atoms. The first kappa shape index (κ1) is 33.9. The van der Waals surface area contributed by atoms with Crippen LogP contribution in [0, 0.1) is 30.1 Å². The zero-order valence-corrected chi connectivity index (χ0v) is 28.8.